The lowest BCUT2D eigenvalue weighted by atomic mass is 10.1. The summed E-state index contributed by atoms with van der Waals surface area (Å²) in [5, 5.41) is 12.5. The first kappa shape index (κ1) is 18.7. The Morgan fingerprint density at radius 2 is 1.96 bits per heavy atom. The van der Waals surface area contributed by atoms with Gasteiger partial charge in [0.15, 0.2) is 0 Å². The Bertz CT molecular complexity index is 1030. The number of hydrogen-bond donors (Lipinski definition) is 0. The molecule has 28 heavy (non-hydrogen) atoms. The number of anilines is 1. The lowest BCUT2D eigenvalue weighted by molar-refractivity contribution is -0.118. The van der Waals surface area contributed by atoms with Crippen molar-refractivity contribution >= 4 is 23.4 Å². The lowest BCUT2D eigenvalue weighted by Crippen LogP contribution is -2.40. The van der Waals surface area contributed by atoms with Gasteiger partial charge in [0.05, 0.1) is 10.9 Å². The second kappa shape index (κ2) is 7.39. The van der Waals surface area contributed by atoms with Gasteiger partial charge < -0.3 is 4.90 Å². The van der Waals surface area contributed by atoms with Gasteiger partial charge in [0.2, 0.25) is 11.1 Å². The van der Waals surface area contributed by atoms with Crippen molar-refractivity contribution in [2.24, 2.45) is 0 Å². The third-order valence-electron chi connectivity index (χ3n) is 5.11. The van der Waals surface area contributed by atoms with Crippen LogP contribution in [0.2, 0.25) is 0 Å². The maximum absolute atomic E-state index is 13.2. The van der Waals surface area contributed by atoms with Gasteiger partial charge in [0.1, 0.15) is 0 Å². The predicted octanol–water partition coefficient (Wildman–Crippen LogP) is 3.74. The fourth-order valence-electron chi connectivity index (χ4n) is 3.66. The largest absolute Gasteiger partial charge is 0.308 e. The Balaban J connectivity index is 1.59. The molecule has 2 atom stereocenters. The van der Waals surface area contributed by atoms with Gasteiger partial charge >= 0.3 is 0 Å². The van der Waals surface area contributed by atoms with Crippen LogP contribution in [0.5, 0.6) is 0 Å². The van der Waals surface area contributed by atoms with E-state index in [4.69, 9.17) is 0 Å². The van der Waals surface area contributed by atoms with Gasteiger partial charge in [-0.1, -0.05) is 42.1 Å². The number of hydrogen-bond acceptors (Lipinski definition) is 5. The maximum atomic E-state index is 13.2. The molecule has 6 nitrogen and oxygen atoms in total. The highest BCUT2D eigenvalue weighted by atomic mass is 32.2. The van der Waals surface area contributed by atoms with E-state index in [1.165, 1.54) is 17.3 Å². The topological polar surface area (TPSA) is 63.9 Å². The van der Waals surface area contributed by atoms with Crippen molar-refractivity contribution < 1.29 is 4.79 Å². The van der Waals surface area contributed by atoms with E-state index in [1.54, 1.807) is 4.68 Å². The van der Waals surface area contributed by atoms with Gasteiger partial charge in [0.25, 0.3) is 0 Å². The van der Waals surface area contributed by atoms with E-state index in [-0.39, 0.29) is 17.2 Å². The van der Waals surface area contributed by atoms with E-state index < -0.39 is 0 Å². The van der Waals surface area contributed by atoms with E-state index >= 15 is 0 Å². The molecule has 0 saturated carbocycles. The second-order valence-electron chi connectivity index (χ2n) is 7.31. The van der Waals surface area contributed by atoms with E-state index in [0.717, 1.165) is 28.9 Å². The smallest absolute Gasteiger partial charge is 0.240 e. The van der Waals surface area contributed by atoms with Gasteiger partial charge in [-0.15, -0.1) is 5.10 Å². The highest BCUT2D eigenvalue weighted by molar-refractivity contribution is 8.00. The van der Waals surface area contributed by atoms with Crippen molar-refractivity contribution in [2.75, 3.05) is 4.90 Å². The Kier molecular flexibility index (Phi) is 4.93. The molecule has 0 fully saturated rings. The van der Waals surface area contributed by atoms with Gasteiger partial charge in [-0.2, -0.15) is 4.68 Å². The maximum Gasteiger partial charge on any atom is 0.240 e. The molecule has 0 aliphatic carbocycles. The molecule has 1 aliphatic heterocycles. The number of carbonyl (C=O) groups is 1. The first-order valence-corrected chi connectivity index (χ1v) is 10.3. The molecule has 7 heteroatoms. The van der Waals surface area contributed by atoms with Crippen LogP contribution in [0.1, 0.15) is 30.5 Å². The van der Waals surface area contributed by atoms with Crippen molar-refractivity contribution in [3.63, 3.8) is 0 Å². The molecule has 1 aliphatic rings. The van der Waals surface area contributed by atoms with Crippen molar-refractivity contribution in [2.45, 2.75) is 50.6 Å². The van der Waals surface area contributed by atoms with Crippen LogP contribution < -0.4 is 4.90 Å². The fraction of sp³-hybridized carbons (Fsp3) is 0.333. The minimum absolute atomic E-state index is 0.0814. The molecule has 1 aromatic heterocycles. The lowest BCUT2D eigenvalue weighted by Gasteiger charge is -2.25. The molecule has 1 amide bonds. The standard InChI is InChI=1S/C21H23N5OS/c1-13-9-10-14(2)19(11-13)26-21(22-23-24-26)28-16(4)20(27)25-15(3)12-17-7-5-6-8-18(17)25/h5-11,15-16H,12H2,1-4H3/t15-,16+/m0/s1. The molecule has 0 bridgehead atoms. The minimum atomic E-state index is -0.302. The van der Waals surface area contributed by atoms with E-state index in [0.29, 0.717) is 5.16 Å². The summed E-state index contributed by atoms with van der Waals surface area (Å²) in [7, 11) is 0. The normalized spacial score (nSPS) is 16.9. The highest BCUT2D eigenvalue weighted by Crippen LogP contribution is 2.34. The summed E-state index contributed by atoms with van der Waals surface area (Å²) in [6, 6.07) is 14.5. The molecule has 4 rings (SSSR count). The van der Waals surface area contributed by atoms with Crippen LogP contribution in [0.15, 0.2) is 47.6 Å². The number of aryl methyl sites for hydroxylation is 2. The number of tetrazole rings is 1. The number of aromatic nitrogens is 4. The molecule has 144 valence electrons. The minimum Gasteiger partial charge on any atom is -0.308 e. The van der Waals surface area contributed by atoms with Crippen LogP contribution in [-0.4, -0.2) is 37.4 Å². The Hall–Kier alpha value is -2.67. The van der Waals surface area contributed by atoms with Crippen molar-refractivity contribution in [3.8, 4) is 5.69 Å². The third kappa shape index (κ3) is 3.30. The van der Waals surface area contributed by atoms with Crippen molar-refractivity contribution in [1.29, 1.82) is 0 Å². The molecule has 0 saturated heterocycles. The molecular weight excluding hydrogens is 370 g/mol. The number of carbonyl (C=O) groups excluding carboxylic acids is 1. The summed E-state index contributed by atoms with van der Waals surface area (Å²) in [5.74, 6) is 0.0814. The second-order valence-corrected chi connectivity index (χ2v) is 8.62. The molecule has 0 radical (unpaired) electrons. The number of fused-ring (bicyclic) bond motifs is 1. The molecule has 3 aromatic rings. The fourth-order valence-corrected chi connectivity index (χ4v) is 4.51. The SMILES string of the molecule is Cc1ccc(C)c(-n2nnnc2S[C@H](C)C(=O)N2c3ccccc3C[C@@H]2C)c1. The van der Waals surface area contributed by atoms with Crippen molar-refractivity contribution in [3.05, 3.63) is 59.2 Å². The summed E-state index contributed by atoms with van der Waals surface area (Å²) < 4.78 is 1.72. The molecule has 0 N–H and O–H groups in total. The van der Waals surface area contributed by atoms with E-state index in [9.17, 15) is 4.79 Å². The van der Waals surface area contributed by atoms with E-state index in [2.05, 4.69) is 46.7 Å². The van der Waals surface area contributed by atoms with Crippen LogP contribution >= 0.6 is 11.8 Å². The summed E-state index contributed by atoms with van der Waals surface area (Å²) in [4.78, 5) is 15.2. The summed E-state index contributed by atoms with van der Waals surface area (Å²) in [5.41, 5.74) is 5.40. The molecule has 2 aromatic carbocycles. The zero-order valence-corrected chi connectivity index (χ0v) is 17.3. The monoisotopic (exact) mass is 393 g/mol. The Morgan fingerprint density at radius 3 is 2.79 bits per heavy atom. The first-order valence-electron chi connectivity index (χ1n) is 9.39. The molecular formula is C21H23N5OS. The predicted molar refractivity (Wildman–Crippen MR) is 111 cm³/mol. The molecule has 0 unspecified atom stereocenters. The first-order chi connectivity index (χ1) is 13.5. The number of rotatable bonds is 4. The molecule has 2 heterocycles. The molecule has 0 spiro atoms. The highest BCUT2D eigenvalue weighted by Gasteiger charge is 2.34. The zero-order chi connectivity index (χ0) is 19.8. The van der Waals surface area contributed by atoms with Crippen LogP contribution in [0.4, 0.5) is 5.69 Å². The van der Waals surface area contributed by atoms with Crippen LogP contribution in [-0.2, 0) is 11.2 Å². The Morgan fingerprint density at radius 1 is 1.18 bits per heavy atom. The number of amides is 1. The quantitative estimate of drug-likeness (QED) is 0.632. The number of benzene rings is 2. The summed E-state index contributed by atoms with van der Waals surface area (Å²) in [6.45, 7) is 8.08. The van der Waals surface area contributed by atoms with E-state index in [1.807, 2.05) is 43.9 Å². The number of nitrogens with zero attached hydrogens (tertiary/aromatic N) is 5. The van der Waals surface area contributed by atoms with Crippen LogP contribution in [0.3, 0.4) is 0 Å². The van der Waals surface area contributed by atoms with Crippen LogP contribution in [0.25, 0.3) is 5.69 Å². The average molecular weight is 394 g/mol. The zero-order valence-electron chi connectivity index (χ0n) is 16.5. The van der Waals surface area contributed by atoms with Gasteiger partial charge in [0, 0.05) is 11.7 Å². The van der Waals surface area contributed by atoms with Gasteiger partial charge in [-0.05, 0) is 73.4 Å². The van der Waals surface area contributed by atoms with Crippen molar-refractivity contribution in [1.82, 2.24) is 20.2 Å². The third-order valence-corrected chi connectivity index (χ3v) is 6.13. The Labute approximate surface area is 168 Å². The van der Waals surface area contributed by atoms with Gasteiger partial charge in [-0.25, -0.2) is 0 Å². The van der Waals surface area contributed by atoms with Crippen LogP contribution in [0, 0.1) is 13.8 Å². The number of para-hydroxylation sites is 1. The number of thioether (sulfide) groups is 1. The average Bonchev–Trinajstić information content (AvgIpc) is 3.26. The van der Waals surface area contributed by atoms with Gasteiger partial charge in [-0.3, -0.25) is 4.79 Å². The summed E-state index contributed by atoms with van der Waals surface area (Å²) >= 11 is 1.39. The summed E-state index contributed by atoms with van der Waals surface area (Å²) in [6.07, 6.45) is 0.888.